The molecule has 0 heterocycles. The van der Waals surface area contributed by atoms with Crippen molar-refractivity contribution < 1.29 is 0 Å². The van der Waals surface area contributed by atoms with Crippen LogP contribution < -0.4 is 10.4 Å². The lowest BCUT2D eigenvalue weighted by Gasteiger charge is -2.35. The highest BCUT2D eigenvalue weighted by molar-refractivity contribution is 6.35. The van der Waals surface area contributed by atoms with E-state index >= 15 is 0 Å². The molecule has 0 aliphatic heterocycles. The highest BCUT2D eigenvalue weighted by Gasteiger charge is 2.46. The van der Waals surface area contributed by atoms with Crippen LogP contribution in [0.2, 0.25) is 0 Å². The monoisotopic (exact) mass is 621 g/mol. The Morgan fingerprint density at radius 3 is 1.71 bits per heavy atom. The summed E-state index contributed by atoms with van der Waals surface area (Å²) in [6, 6.07) is 70.0. The van der Waals surface area contributed by atoms with Crippen molar-refractivity contribution in [3.63, 3.8) is 0 Å². The average Bonchev–Trinajstić information content (AvgIpc) is 3.47. The molecule has 0 amide bonds. The molecular formula is C47H32BN. The Morgan fingerprint density at radius 2 is 0.980 bits per heavy atom. The fraction of sp³-hybridized carbons (Fsp3) is 0.0213. The van der Waals surface area contributed by atoms with Crippen LogP contribution in [0.1, 0.15) is 22.3 Å². The van der Waals surface area contributed by atoms with Crippen molar-refractivity contribution in [2.24, 2.45) is 0 Å². The lowest BCUT2D eigenvalue weighted by molar-refractivity contribution is 0.768. The summed E-state index contributed by atoms with van der Waals surface area (Å²) in [4.78, 5) is 2.41. The molecule has 49 heavy (non-hydrogen) atoms. The van der Waals surface area contributed by atoms with E-state index in [-0.39, 0.29) is 0 Å². The van der Waals surface area contributed by atoms with E-state index < -0.39 is 5.41 Å². The van der Waals surface area contributed by atoms with Crippen LogP contribution in [0.3, 0.4) is 0 Å². The molecule has 0 unspecified atom stereocenters. The molecular weight excluding hydrogens is 589 g/mol. The molecule has 0 aromatic heterocycles. The highest BCUT2D eigenvalue weighted by Crippen LogP contribution is 2.57. The Balaban J connectivity index is 1.31. The first kappa shape index (κ1) is 29.1. The van der Waals surface area contributed by atoms with Crippen LogP contribution >= 0.6 is 0 Å². The Hall–Kier alpha value is -6.12. The first-order chi connectivity index (χ1) is 24.2. The fourth-order valence-electron chi connectivity index (χ4n) is 7.95. The summed E-state index contributed by atoms with van der Waals surface area (Å²) < 4.78 is 0. The van der Waals surface area contributed by atoms with E-state index in [2.05, 4.69) is 181 Å². The van der Waals surface area contributed by atoms with Gasteiger partial charge in [0, 0.05) is 16.8 Å². The Bertz CT molecular complexity index is 2400. The van der Waals surface area contributed by atoms with Gasteiger partial charge in [0.1, 0.15) is 7.85 Å². The molecule has 9 rings (SSSR count). The molecule has 1 aliphatic carbocycles. The topological polar surface area (TPSA) is 3.24 Å². The SMILES string of the molecule is [B]c1ccccc1-c1ccc(N(c2ccc3c(c2)C(c2ccccc2)(c2ccccc2)c2ccccc2-3)c2cccc3ccccc23)cc1. The fourth-order valence-corrected chi connectivity index (χ4v) is 7.95. The number of nitrogens with zero attached hydrogens (tertiary/aromatic N) is 1. The van der Waals surface area contributed by atoms with Gasteiger partial charge in [-0.25, -0.2) is 0 Å². The second-order valence-corrected chi connectivity index (χ2v) is 12.7. The van der Waals surface area contributed by atoms with Gasteiger partial charge >= 0.3 is 0 Å². The van der Waals surface area contributed by atoms with Gasteiger partial charge in [0.25, 0.3) is 0 Å². The quantitative estimate of drug-likeness (QED) is 0.167. The summed E-state index contributed by atoms with van der Waals surface area (Å²) in [5.41, 5.74) is 13.4. The predicted molar refractivity (Wildman–Crippen MR) is 207 cm³/mol. The van der Waals surface area contributed by atoms with Crippen LogP contribution in [0.4, 0.5) is 17.1 Å². The van der Waals surface area contributed by atoms with Gasteiger partial charge in [0.05, 0.1) is 11.1 Å². The highest BCUT2D eigenvalue weighted by atomic mass is 15.1. The Morgan fingerprint density at radius 1 is 0.408 bits per heavy atom. The summed E-state index contributed by atoms with van der Waals surface area (Å²) in [6.07, 6.45) is 0. The van der Waals surface area contributed by atoms with Crippen molar-refractivity contribution in [2.45, 2.75) is 5.41 Å². The molecule has 2 radical (unpaired) electrons. The average molecular weight is 622 g/mol. The number of hydrogen-bond donors (Lipinski definition) is 0. The Kier molecular flexibility index (Phi) is 7.02. The van der Waals surface area contributed by atoms with Crippen LogP contribution in [0.5, 0.6) is 0 Å². The number of fused-ring (bicyclic) bond motifs is 4. The van der Waals surface area contributed by atoms with Crippen LogP contribution in [0.15, 0.2) is 194 Å². The number of rotatable bonds is 6. The maximum absolute atomic E-state index is 6.39. The third-order valence-corrected chi connectivity index (χ3v) is 10.1. The van der Waals surface area contributed by atoms with E-state index in [1.54, 1.807) is 0 Å². The molecule has 0 fully saturated rings. The first-order valence-electron chi connectivity index (χ1n) is 16.8. The maximum Gasteiger partial charge on any atom is 0.114 e. The minimum absolute atomic E-state index is 0.483. The van der Waals surface area contributed by atoms with Gasteiger partial charge in [-0.15, -0.1) is 0 Å². The minimum atomic E-state index is -0.483. The van der Waals surface area contributed by atoms with E-state index in [0.717, 1.165) is 33.7 Å². The standard InChI is InChI=1S/C47H32BN/c48-45-24-12-10-20-39(45)34-26-28-37(29-27-34)49(46-25-13-15-33-14-7-8-21-40(33)46)38-30-31-42-41-22-9-11-23-43(41)47(44(42)32-38,35-16-3-1-4-17-35)36-18-5-2-6-19-36/h1-32H. The van der Waals surface area contributed by atoms with Gasteiger partial charge in [-0.2, -0.15) is 0 Å². The molecule has 8 aromatic rings. The Labute approximate surface area is 289 Å². The first-order valence-corrected chi connectivity index (χ1v) is 16.8. The normalized spacial score (nSPS) is 12.7. The summed E-state index contributed by atoms with van der Waals surface area (Å²) in [5.74, 6) is 0. The second kappa shape index (κ2) is 11.8. The summed E-state index contributed by atoms with van der Waals surface area (Å²) in [7, 11) is 6.39. The smallest absolute Gasteiger partial charge is 0.114 e. The second-order valence-electron chi connectivity index (χ2n) is 12.7. The zero-order chi connectivity index (χ0) is 32.8. The van der Waals surface area contributed by atoms with Crippen molar-refractivity contribution in [3.8, 4) is 22.3 Å². The largest absolute Gasteiger partial charge is 0.310 e. The summed E-state index contributed by atoms with van der Waals surface area (Å²) in [5, 5.41) is 2.40. The van der Waals surface area contributed by atoms with Crippen molar-refractivity contribution in [2.75, 3.05) is 4.90 Å². The van der Waals surface area contributed by atoms with E-state index in [9.17, 15) is 0 Å². The van der Waals surface area contributed by atoms with E-state index in [0.29, 0.717) is 0 Å². The number of benzene rings is 8. The predicted octanol–water partition coefficient (Wildman–Crippen LogP) is 11.1. The van der Waals surface area contributed by atoms with Crippen LogP contribution in [0.25, 0.3) is 33.0 Å². The molecule has 0 atom stereocenters. The summed E-state index contributed by atoms with van der Waals surface area (Å²) >= 11 is 0. The molecule has 8 aromatic carbocycles. The van der Waals surface area contributed by atoms with Gasteiger partial charge in [-0.3, -0.25) is 0 Å². The van der Waals surface area contributed by atoms with E-state index in [1.165, 1.54) is 44.2 Å². The zero-order valence-electron chi connectivity index (χ0n) is 27.0. The molecule has 1 aliphatic rings. The molecule has 2 heteroatoms. The van der Waals surface area contributed by atoms with Gasteiger partial charge in [0.15, 0.2) is 0 Å². The van der Waals surface area contributed by atoms with Crippen molar-refractivity contribution in [3.05, 3.63) is 216 Å². The van der Waals surface area contributed by atoms with Gasteiger partial charge in [-0.1, -0.05) is 169 Å². The minimum Gasteiger partial charge on any atom is -0.310 e. The molecule has 0 saturated heterocycles. The lowest BCUT2D eigenvalue weighted by atomic mass is 9.67. The van der Waals surface area contributed by atoms with Gasteiger partial charge in [-0.05, 0) is 80.2 Å². The summed E-state index contributed by atoms with van der Waals surface area (Å²) in [6.45, 7) is 0. The third kappa shape index (κ3) is 4.64. The number of anilines is 3. The van der Waals surface area contributed by atoms with E-state index in [1.807, 2.05) is 18.2 Å². The zero-order valence-corrected chi connectivity index (χ0v) is 27.0. The van der Waals surface area contributed by atoms with Crippen molar-refractivity contribution >= 4 is 41.1 Å². The molecule has 0 bridgehead atoms. The molecule has 0 N–H and O–H groups in total. The lowest BCUT2D eigenvalue weighted by Crippen LogP contribution is -2.28. The van der Waals surface area contributed by atoms with Gasteiger partial charge in [0.2, 0.25) is 0 Å². The third-order valence-electron chi connectivity index (χ3n) is 10.1. The van der Waals surface area contributed by atoms with Crippen molar-refractivity contribution in [1.82, 2.24) is 0 Å². The molecule has 0 spiro atoms. The van der Waals surface area contributed by atoms with Crippen LogP contribution in [0, 0.1) is 0 Å². The number of hydrogen-bond acceptors (Lipinski definition) is 1. The van der Waals surface area contributed by atoms with Gasteiger partial charge < -0.3 is 4.90 Å². The molecule has 228 valence electrons. The van der Waals surface area contributed by atoms with E-state index in [4.69, 9.17) is 7.85 Å². The van der Waals surface area contributed by atoms with Crippen molar-refractivity contribution in [1.29, 1.82) is 0 Å². The van der Waals surface area contributed by atoms with Crippen LogP contribution in [-0.4, -0.2) is 7.85 Å². The molecule has 1 nitrogen and oxygen atoms in total. The maximum atomic E-state index is 6.39. The molecule has 0 saturated carbocycles. The van der Waals surface area contributed by atoms with Crippen LogP contribution in [-0.2, 0) is 5.41 Å².